The van der Waals surface area contributed by atoms with Crippen molar-refractivity contribution in [3.8, 4) is 11.5 Å². The molecule has 4 nitrogen and oxygen atoms in total. The fourth-order valence-corrected chi connectivity index (χ4v) is 5.40. The van der Waals surface area contributed by atoms with Crippen molar-refractivity contribution in [2.45, 2.75) is 19.8 Å². The lowest BCUT2D eigenvalue weighted by Gasteiger charge is -2.21. The van der Waals surface area contributed by atoms with Crippen molar-refractivity contribution in [1.29, 1.82) is 0 Å². The molecule has 0 aliphatic carbocycles. The predicted molar refractivity (Wildman–Crippen MR) is 129 cm³/mol. The molecule has 4 heteroatoms. The van der Waals surface area contributed by atoms with Crippen LogP contribution < -0.4 is 9.47 Å². The van der Waals surface area contributed by atoms with E-state index in [1.165, 1.54) is 49.9 Å². The van der Waals surface area contributed by atoms with Gasteiger partial charge >= 0.3 is 0 Å². The maximum Gasteiger partial charge on any atom is 0.231 e. The van der Waals surface area contributed by atoms with Crippen molar-refractivity contribution in [2.75, 3.05) is 6.79 Å². The summed E-state index contributed by atoms with van der Waals surface area (Å²) in [6.45, 7) is 4.75. The summed E-state index contributed by atoms with van der Waals surface area (Å²) in [6, 6.07) is 23.8. The Bertz CT molecular complexity index is 1420. The van der Waals surface area contributed by atoms with E-state index in [0.29, 0.717) is 0 Å². The Kier molecular flexibility index (Phi) is 4.12. The fraction of sp³-hybridized carbons (Fsp3) is 0.214. The third-order valence-corrected chi connectivity index (χ3v) is 7.20. The summed E-state index contributed by atoms with van der Waals surface area (Å²) in [7, 11) is 4.32. The molecule has 0 atom stereocenters. The highest BCUT2D eigenvalue weighted by atomic mass is 16.7. The highest BCUT2D eigenvalue weighted by Crippen LogP contribution is 2.46. The Morgan fingerprint density at radius 3 is 1.81 bits per heavy atom. The summed E-state index contributed by atoms with van der Waals surface area (Å²) in [5, 5.41) is 2.59. The zero-order valence-electron chi connectivity index (χ0n) is 18.8. The maximum absolute atomic E-state index is 5.77. The number of aromatic nitrogens is 2. The Labute approximate surface area is 187 Å². The number of ether oxygens (including phenoxy) is 2. The predicted octanol–water partition coefficient (Wildman–Crippen LogP) is 6.20. The van der Waals surface area contributed by atoms with Gasteiger partial charge in [0.15, 0.2) is 11.5 Å². The van der Waals surface area contributed by atoms with Gasteiger partial charge in [-0.15, -0.1) is 0 Å². The van der Waals surface area contributed by atoms with Gasteiger partial charge in [0.05, 0.1) is 0 Å². The third-order valence-electron chi connectivity index (χ3n) is 7.20. The molecule has 2 aromatic heterocycles. The van der Waals surface area contributed by atoms with Gasteiger partial charge in [-0.3, -0.25) is 0 Å². The summed E-state index contributed by atoms with van der Waals surface area (Å²) in [4.78, 5) is 0. The second-order valence-corrected chi connectivity index (χ2v) is 8.70. The molecule has 6 rings (SSSR count). The Morgan fingerprint density at radius 2 is 1.22 bits per heavy atom. The standard InChI is InChI=1S/C28H26N2O2/c1-17-26(20-9-5-7-11-22(20)29(17)3)28(19-13-14-24-25(15-19)32-16-31-24)27-18(2)30(4)23-12-8-6-10-21(23)27/h5-15,28H,16H2,1-4H3. The first-order chi connectivity index (χ1) is 15.6. The lowest BCUT2D eigenvalue weighted by molar-refractivity contribution is 0.174. The van der Waals surface area contributed by atoms with Crippen LogP contribution >= 0.6 is 0 Å². The molecule has 5 aromatic rings. The molecule has 0 spiro atoms. The van der Waals surface area contributed by atoms with Gasteiger partial charge in [0.2, 0.25) is 6.79 Å². The first-order valence-corrected chi connectivity index (χ1v) is 11.0. The molecule has 0 amide bonds. The normalized spacial score (nSPS) is 13.0. The maximum atomic E-state index is 5.77. The highest BCUT2D eigenvalue weighted by molar-refractivity contribution is 5.91. The van der Waals surface area contributed by atoms with Crippen LogP contribution in [0, 0.1) is 13.8 Å². The molecular formula is C28H26N2O2. The number of rotatable bonds is 3. The zero-order chi connectivity index (χ0) is 22.0. The Balaban J connectivity index is 1.73. The molecule has 3 heterocycles. The van der Waals surface area contributed by atoms with Gasteiger partial charge < -0.3 is 18.6 Å². The Hall–Kier alpha value is -3.66. The minimum absolute atomic E-state index is 0.0710. The van der Waals surface area contributed by atoms with Crippen molar-refractivity contribution < 1.29 is 9.47 Å². The van der Waals surface area contributed by atoms with Gasteiger partial charge in [0.1, 0.15) is 0 Å². The van der Waals surface area contributed by atoms with Crippen molar-refractivity contribution in [2.24, 2.45) is 14.1 Å². The van der Waals surface area contributed by atoms with E-state index in [-0.39, 0.29) is 12.7 Å². The number of benzene rings is 3. The van der Waals surface area contributed by atoms with E-state index in [2.05, 4.69) is 97.7 Å². The van der Waals surface area contributed by atoms with Gasteiger partial charge in [-0.05, 0) is 54.8 Å². The molecule has 1 aliphatic heterocycles. The molecule has 3 aromatic carbocycles. The lowest BCUT2D eigenvalue weighted by Crippen LogP contribution is -2.07. The SMILES string of the molecule is Cc1c(C(c2ccc3c(c2)OCO3)c2c(C)n(C)c3ccccc23)c2ccccc2n1C. The second-order valence-electron chi connectivity index (χ2n) is 8.70. The van der Waals surface area contributed by atoms with Gasteiger partial charge in [0, 0.05) is 53.2 Å². The zero-order valence-corrected chi connectivity index (χ0v) is 18.8. The van der Waals surface area contributed by atoms with E-state index < -0.39 is 0 Å². The largest absolute Gasteiger partial charge is 0.454 e. The van der Waals surface area contributed by atoms with Gasteiger partial charge in [-0.2, -0.15) is 0 Å². The summed E-state index contributed by atoms with van der Waals surface area (Å²) in [5.41, 5.74) is 8.98. The van der Waals surface area contributed by atoms with E-state index in [0.717, 1.165) is 11.5 Å². The number of para-hydroxylation sites is 2. The smallest absolute Gasteiger partial charge is 0.231 e. The Morgan fingerprint density at radius 1 is 0.688 bits per heavy atom. The summed E-state index contributed by atoms with van der Waals surface area (Å²) < 4.78 is 16.0. The number of hydrogen-bond acceptors (Lipinski definition) is 2. The van der Waals surface area contributed by atoms with Crippen LogP contribution in [0.1, 0.15) is 34.0 Å². The molecule has 0 radical (unpaired) electrons. The van der Waals surface area contributed by atoms with Crippen LogP contribution in [-0.4, -0.2) is 15.9 Å². The van der Waals surface area contributed by atoms with Crippen LogP contribution in [0.15, 0.2) is 66.7 Å². The number of fused-ring (bicyclic) bond motifs is 3. The first-order valence-electron chi connectivity index (χ1n) is 11.0. The van der Waals surface area contributed by atoms with Gasteiger partial charge in [-0.1, -0.05) is 42.5 Å². The van der Waals surface area contributed by atoms with Gasteiger partial charge in [0.25, 0.3) is 0 Å². The average molecular weight is 423 g/mol. The summed E-state index contributed by atoms with van der Waals surface area (Å²) in [6.07, 6.45) is 0. The topological polar surface area (TPSA) is 28.3 Å². The molecule has 0 N–H and O–H groups in total. The summed E-state index contributed by atoms with van der Waals surface area (Å²) >= 11 is 0. The molecule has 0 fully saturated rings. The summed E-state index contributed by atoms with van der Waals surface area (Å²) in [5.74, 6) is 1.71. The molecule has 32 heavy (non-hydrogen) atoms. The van der Waals surface area contributed by atoms with Crippen LogP contribution in [0.5, 0.6) is 11.5 Å². The molecule has 0 unspecified atom stereocenters. The van der Waals surface area contributed by atoms with Gasteiger partial charge in [-0.25, -0.2) is 0 Å². The van der Waals surface area contributed by atoms with Crippen LogP contribution in [0.4, 0.5) is 0 Å². The van der Waals surface area contributed by atoms with E-state index in [1.807, 2.05) is 6.07 Å². The second kappa shape index (κ2) is 6.92. The van der Waals surface area contributed by atoms with Crippen LogP contribution in [0.25, 0.3) is 21.8 Å². The fourth-order valence-electron chi connectivity index (χ4n) is 5.40. The van der Waals surface area contributed by atoms with Crippen LogP contribution in [0.2, 0.25) is 0 Å². The van der Waals surface area contributed by atoms with Crippen molar-refractivity contribution in [3.05, 3.63) is 94.8 Å². The highest BCUT2D eigenvalue weighted by Gasteiger charge is 2.30. The molecule has 0 saturated carbocycles. The minimum atomic E-state index is 0.0710. The van der Waals surface area contributed by atoms with E-state index in [1.54, 1.807) is 0 Å². The van der Waals surface area contributed by atoms with Crippen molar-refractivity contribution >= 4 is 21.8 Å². The van der Waals surface area contributed by atoms with Crippen molar-refractivity contribution in [3.63, 3.8) is 0 Å². The first kappa shape index (κ1) is 19.1. The number of hydrogen-bond donors (Lipinski definition) is 0. The molecular weight excluding hydrogens is 396 g/mol. The average Bonchev–Trinajstić information content (AvgIpc) is 3.46. The number of nitrogens with zero attached hydrogens (tertiary/aromatic N) is 2. The van der Waals surface area contributed by atoms with Crippen molar-refractivity contribution in [1.82, 2.24) is 9.13 Å². The quantitative estimate of drug-likeness (QED) is 0.346. The molecule has 1 aliphatic rings. The van der Waals surface area contributed by atoms with E-state index in [4.69, 9.17) is 9.47 Å². The molecule has 0 bridgehead atoms. The third kappa shape index (κ3) is 2.56. The van der Waals surface area contributed by atoms with Crippen LogP contribution in [-0.2, 0) is 14.1 Å². The molecule has 160 valence electrons. The molecule has 0 saturated heterocycles. The monoisotopic (exact) mass is 422 g/mol. The number of aryl methyl sites for hydroxylation is 2. The van der Waals surface area contributed by atoms with Crippen LogP contribution in [0.3, 0.4) is 0 Å². The lowest BCUT2D eigenvalue weighted by atomic mass is 9.82. The minimum Gasteiger partial charge on any atom is -0.454 e. The van der Waals surface area contributed by atoms with E-state index in [9.17, 15) is 0 Å². The van der Waals surface area contributed by atoms with E-state index >= 15 is 0 Å².